The second-order valence-electron chi connectivity index (χ2n) is 4.04. The number of carbonyl (C=O) groups excluding carboxylic acids is 1. The monoisotopic (exact) mass is 230 g/mol. The van der Waals surface area contributed by atoms with Crippen LogP contribution in [-0.2, 0) is 0 Å². The van der Waals surface area contributed by atoms with Gasteiger partial charge in [0, 0.05) is 4.88 Å². The molecule has 1 heterocycles. The molecule has 1 nitrogen and oxygen atoms in total. The molecule has 0 amide bonds. The van der Waals surface area contributed by atoms with Crippen LogP contribution in [0.15, 0.2) is 30.3 Å². The smallest absolute Gasteiger partial charge is 0.169 e. The molecule has 0 spiro atoms. The molecule has 0 aliphatic carbocycles. The van der Waals surface area contributed by atoms with Gasteiger partial charge in [0.25, 0.3) is 0 Å². The third-order valence-electron chi connectivity index (χ3n) is 2.58. The molecule has 0 radical (unpaired) electrons. The summed E-state index contributed by atoms with van der Waals surface area (Å²) in [6.07, 6.45) is 0. The van der Waals surface area contributed by atoms with E-state index in [4.69, 9.17) is 0 Å². The zero-order valence-electron chi connectivity index (χ0n) is 9.70. The zero-order chi connectivity index (χ0) is 11.7. The van der Waals surface area contributed by atoms with Crippen LogP contribution in [0.3, 0.4) is 0 Å². The quantitative estimate of drug-likeness (QED) is 0.705. The summed E-state index contributed by atoms with van der Waals surface area (Å²) in [4.78, 5) is 13.3. The van der Waals surface area contributed by atoms with Gasteiger partial charge in [0.1, 0.15) is 0 Å². The molecule has 82 valence electrons. The summed E-state index contributed by atoms with van der Waals surface area (Å²) < 4.78 is 0. The van der Waals surface area contributed by atoms with Gasteiger partial charge in [-0.25, -0.2) is 0 Å². The van der Waals surface area contributed by atoms with Crippen LogP contribution in [0.4, 0.5) is 0 Å². The molecule has 1 aromatic carbocycles. The first-order chi connectivity index (χ1) is 7.58. The van der Waals surface area contributed by atoms with Crippen molar-refractivity contribution in [3.05, 3.63) is 46.3 Å². The third kappa shape index (κ3) is 2.07. The maximum absolute atomic E-state index is 11.3. The SMILES string of the molecule is CC(=O)c1cc(C)c(-c2ccc(C)cc2)s1. The largest absolute Gasteiger partial charge is 0.294 e. The van der Waals surface area contributed by atoms with Crippen molar-refractivity contribution in [3.63, 3.8) is 0 Å². The highest BCUT2D eigenvalue weighted by Crippen LogP contribution is 2.32. The molecule has 0 fully saturated rings. The lowest BCUT2D eigenvalue weighted by atomic mass is 10.1. The average molecular weight is 230 g/mol. The molecule has 0 N–H and O–H groups in total. The Morgan fingerprint density at radius 1 is 1.12 bits per heavy atom. The van der Waals surface area contributed by atoms with Gasteiger partial charge < -0.3 is 0 Å². The third-order valence-corrected chi connectivity index (χ3v) is 3.97. The number of rotatable bonds is 2. The highest BCUT2D eigenvalue weighted by molar-refractivity contribution is 7.17. The lowest BCUT2D eigenvalue weighted by Crippen LogP contribution is -1.83. The van der Waals surface area contributed by atoms with E-state index in [9.17, 15) is 4.79 Å². The van der Waals surface area contributed by atoms with Crippen molar-refractivity contribution < 1.29 is 4.79 Å². The molecule has 0 aliphatic rings. The minimum atomic E-state index is 0.145. The Kier molecular flexibility index (Phi) is 2.92. The second kappa shape index (κ2) is 4.22. The Hall–Kier alpha value is -1.41. The summed E-state index contributed by atoms with van der Waals surface area (Å²) in [5.74, 6) is 0.145. The van der Waals surface area contributed by atoms with E-state index in [1.165, 1.54) is 21.6 Å². The van der Waals surface area contributed by atoms with Crippen LogP contribution in [0.25, 0.3) is 10.4 Å². The highest BCUT2D eigenvalue weighted by atomic mass is 32.1. The Bertz CT molecular complexity index is 520. The summed E-state index contributed by atoms with van der Waals surface area (Å²) in [6.45, 7) is 5.74. The first kappa shape index (κ1) is 11.1. The molecule has 2 aromatic rings. The summed E-state index contributed by atoms with van der Waals surface area (Å²) in [6, 6.07) is 10.4. The normalized spacial score (nSPS) is 10.4. The van der Waals surface area contributed by atoms with Gasteiger partial charge in [-0.15, -0.1) is 11.3 Å². The summed E-state index contributed by atoms with van der Waals surface area (Å²) in [5, 5.41) is 0. The molecule has 16 heavy (non-hydrogen) atoms. The van der Waals surface area contributed by atoms with Gasteiger partial charge >= 0.3 is 0 Å². The number of aryl methyl sites for hydroxylation is 2. The van der Waals surface area contributed by atoms with Gasteiger partial charge in [-0.1, -0.05) is 29.8 Å². The lowest BCUT2D eigenvalue weighted by molar-refractivity contribution is 0.102. The molecule has 0 bridgehead atoms. The topological polar surface area (TPSA) is 17.1 Å². The number of benzene rings is 1. The average Bonchev–Trinajstić information content (AvgIpc) is 2.62. The fourth-order valence-electron chi connectivity index (χ4n) is 1.65. The van der Waals surface area contributed by atoms with Crippen LogP contribution in [-0.4, -0.2) is 5.78 Å². The molecule has 2 heteroatoms. The summed E-state index contributed by atoms with van der Waals surface area (Å²) >= 11 is 1.58. The van der Waals surface area contributed by atoms with Crippen molar-refractivity contribution >= 4 is 17.1 Å². The van der Waals surface area contributed by atoms with Crippen LogP contribution in [0.1, 0.15) is 27.7 Å². The second-order valence-corrected chi connectivity index (χ2v) is 5.10. The van der Waals surface area contributed by atoms with E-state index in [0.717, 1.165) is 4.88 Å². The molecular weight excluding hydrogens is 216 g/mol. The van der Waals surface area contributed by atoms with Gasteiger partial charge in [0.2, 0.25) is 0 Å². The highest BCUT2D eigenvalue weighted by Gasteiger charge is 2.10. The van der Waals surface area contributed by atoms with Crippen molar-refractivity contribution in [1.29, 1.82) is 0 Å². The van der Waals surface area contributed by atoms with E-state index in [1.54, 1.807) is 18.3 Å². The number of hydrogen-bond acceptors (Lipinski definition) is 2. The minimum Gasteiger partial charge on any atom is -0.294 e. The molecule has 0 unspecified atom stereocenters. The van der Waals surface area contributed by atoms with E-state index in [-0.39, 0.29) is 5.78 Å². The summed E-state index contributed by atoms with van der Waals surface area (Å²) in [5.41, 5.74) is 3.63. The predicted molar refractivity (Wildman–Crippen MR) is 69.2 cm³/mol. The molecule has 0 saturated heterocycles. The van der Waals surface area contributed by atoms with Gasteiger partial charge in [-0.3, -0.25) is 4.79 Å². The Labute approximate surface area is 99.8 Å². The Morgan fingerprint density at radius 2 is 1.75 bits per heavy atom. The minimum absolute atomic E-state index is 0.145. The lowest BCUT2D eigenvalue weighted by Gasteiger charge is -1.99. The number of ketones is 1. The standard InChI is InChI=1S/C14H14OS/c1-9-4-6-12(7-5-9)14-10(2)8-13(16-14)11(3)15/h4-8H,1-3H3. The number of carbonyl (C=O) groups is 1. The van der Waals surface area contributed by atoms with E-state index < -0.39 is 0 Å². The number of thiophene rings is 1. The maximum Gasteiger partial charge on any atom is 0.169 e. The van der Waals surface area contributed by atoms with Crippen LogP contribution in [0.5, 0.6) is 0 Å². The molecule has 0 aliphatic heterocycles. The fourth-order valence-corrected chi connectivity index (χ4v) is 2.72. The Morgan fingerprint density at radius 3 is 2.25 bits per heavy atom. The zero-order valence-corrected chi connectivity index (χ0v) is 10.5. The Balaban J connectivity index is 2.47. The van der Waals surface area contributed by atoms with Crippen LogP contribution in [0.2, 0.25) is 0 Å². The van der Waals surface area contributed by atoms with E-state index in [1.807, 2.05) is 6.07 Å². The van der Waals surface area contributed by atoms with E-state index >= 15 is 0 Å². The van der Waals surface area contributed by atoms with Gasteiger partial charge in [0.05, 0.1) is 4.88 Å². The van der Waals surface area contributed by atoms with Crippen molar-refractivity contribution in [2.45, 2.75) is 20.8 Å². The van der Waals surface area contributed by atoms with Gasteiger partial charge in [-0.05, 0) is 38.0 Å². The van der Waals surface area contributed by atoms with Crippen molar-refractivity contribution in [3.8, 4) is 10.4 Å². The fraction of sp³-hybridized carbons (Fsp3) is 0.214. The van der Waals surface area contributed by atoms with Gasteiger partial charge in [-0.2, -0.15) is 0 Å². The van der Waals surface area contributed by atoms with Gasteiger partial charge in [0.15, 0.2) is 5.78 Å². The molecule has 0 saturated carbocycles. The van der Waals surface area contributed by atoms with Crippen molar-refractivity contribution in [2.24, 2.45) is 0 Å². The van der Waals surface area contributed by atoms with Crippen LogP contribution < -0.4 is 0 Å². The van der Waals surface area contributed by atoms with Crippen LogP contribution >= 0.6 is 11.3 Å². The van der Waals surface area contributed by atoms with E-state index in [0.29, 0.717) is 0 Å². The predicted octanol–water partition coefficient (Wildman–Crippen LogP) is 4.23. The summed E-state index contributed by atoms with van der Waals surface area (Å²) in [7, 11) is 0. The number of Topliss-reactive ketones (excluding diaryl/α,β-unsaturated/α-hetero) is 1. The molecule has 1 aromatic heterocycles. The molecular formula is C14H14OS. The van der Waals surface area contributed by atoms with Crippen molar-refractivity contribution in [2.75, 3.05) is 0 Å². The van der Waals surface area contributed by atoms with E-state index in [2.05, 4.69) is 38.1 Å². The maximum atomic E-state index is 11.3. The first-order valence-electron chi connectivity index (χ1n) is 5.26. The molecule has 0 atom stereocenters. The van der Waals surface area contributed by atoms with Crippen molar-refractivity contribution in [1.82, 2.24) is 0 Å². The first-order valence-corrected chi connectivity index (χ1v) is 6.08. The molecule has 2 rings (SSSR count). The number of hydrogen-bond donors (Lipinski definition) is 0. The van der Waals surface area contributed by atoms with Crippen LogP contribution in [0, 0.1) is 13.8 Å².